The predicted octanol–water partition coefficient (Wildman–Crippen LogP) is 3.87. The molecule has 1 aromatic heterocycles. The van der Waals surface area contributed by atoms with E-state index in [0.29, 0.717) is 33.8 Å². The third-order valence-electron chi connectivity index (χ3n) is 5.15. The summed E-state index contributed by atoms with van der Waals surface area (Å²) in [6.07, 6.45) is 5.47. The van der Waals surface area contributed by atoms with Gasteiger partial charge in [0.1, 0.15) is 0 Å². The molecular weight excluding hydrogens is 334 g/mol. The van der Waals surface area contributed by atoms with Crippen molar-refractivity contribution in [1.29, 1.82) is 0 Å². The fourth-order valence-electron chi connectivity index (χ4n) is 3.71. The topological polar surface area (TPSA) is 58.1 Å². The van der Waals surface area contributed by atoms with E-state index >= 15 is 0 Å². The van der Waals surface area contributed by atoms with Crippen molar-refractivity contribution in [1.82, 2.24) is 14.5 Å². The Labute approximate surface area is 152 Å². The fraction of sp³-hybridized carbons (Fsp3) is 0.526. The van der Waals surface area contributed by atoms with E-state index in [9.17, 15) is 9.59 Å². The molecule has 1 aliphatic heterocycles. The molecule has 1 saturated heterocycles. The van der Waals surface area contributed by atoms with Gasteiger partial charge in [-0.1, -0.05) is 19.8 Å². The van der Waals surface area contributed by atoms with Crippen molar-refractivity contribution >= 4 is 29.0 Å². The van der Waals surface area contributed by atoms with Gasteiger partial charge in [-0.05, 0) is 56.6 Å². The van der Waals surface area contributed by atoms with Gasteiger partial charge in [0, 0.05) is 24.7 Å². The van der Waals surface area contributed by atoms with Crippen LogP contribution in [0.2, 0.25) is 0 Å². The average Bonchev–Trinajstić information content (AvgIpc) is 2.86. The Hall–Kier alpha value is -1.95. The van der Waals surface area contributed by atoms with Gasteiger partial charge >= 0.3 is 0 Å². The van der Waals surface area contributed by atoms with Gasteiger partial charge in [0.25, 0.3) is 11.5 Å². The first-order valence-corrected chi connectivity index (χ1v) is 9.55. The number of hydrogen-bond donors (Lipinski definition) is 1. The highest BCUT2D eigenvalue weighted by molar-refractivity contribution is 7.71. The highest BCUT2D eigenvalue weighted by atomic mass is 32.1. The lowest BCUT2D eigenvalue weighted by Crippen LogP contribution is -2.39. The molecule has 2 aromatic rings. The van der Waals surface area contributed by atoms with E-state index in [0.717, 1.165) is 25.8 Å². The Morgan fingerprint density at radius 3 is 2.80 bits per heavy atom. The maximum Gasteiger partial charge on any atom is 0.262 e. The first kappa shape index (κ1) is 17.9. The van der Waals surface area contributed by atoms with Crippen LogP contribution in [-0.4, -0.2) is 32.9 Å². The first-order valence-electron chi connectivity index (χ1n) is 9.14. The molecule has 1 fully saturated rings. The molecular formula is C19H25N3O2S. The number of hydrogen-bond acceptors (Lipinski definition) is 3. The average molecular weight is 359 g/mol. The molecule has 0 unspecified atom stereocenters. The van der Waals surface area contributed by atoms with Crippen molar-refractivity contribution < 1.29 is 4.79 Å². The molecule has 1 aromatic carbocycles. The normalized spacial score (nSPS) is 18.3. The van der Waals surface area contributed by atoms with Gasteiger partial charge in [-0.3, -0.25) is 14.2 Å². The molecule has 0 spiro atoms. The van der Waals surface area contributed by atoms with Crippen LogP contribution in [0.25, 0.3) is 10.9 Å². The summed E-state index contributed by atoms with van der Waals surface area (Å²) in [4.78, 5) is 30.7. The summed E-state index contributed by atoms with van der Waals surface area (Å²) >= 11 is 5.27. The summed E-state index contributed by atoms with van der Waals surface area (Å²) in [7, 11) is 0. The smallest absolute Gasteiger partial charge is 0.262 e. The number of carbonyl (C=O) groups is 1. The molecule has 6 heteroatoms. The molecule has 0 saturated carbocycles. The number of H-pyrrole nitrogens is 1. The molecule has 1 N–H and O–H groups in total. The molecule has 5 nitrogen and oxygen atoms in total. The maximum atomic E-state index is 13.1. The van der Waals surface area contributed by atoms with Gasteiger partial charge in [0.15, 0.2) is 4.77 Å². The summed E-state index contributed by atoms with van der Waals surface area (Å²) in [6, 6.07) is 5.58. The Morgan fingerprint density at radius 1 is 1.28 bits per heavy atom. The minimum absolute atomic E-state index is 0.0506. The van der Waals surface area contributed by atoms with Crippen LogP contribution in [0.5, 0.6) is 0 Å². The number of carbonyl (C=O) groups excluding carboxylic acids is 1. The highest BCUT2D eigenvalue weighted by Gasteiger charge is 2.25. The summed E-state index contributed by atoms with van der Waals surface area (Å²) < 4.78 is 1.92. The van der Waals surface area contributed by atoms with Gasteiger partial charge in [0.2, 0.25) is 0 Å². The van der Waals surface area contributed by atoms with E-state index < -0.39 is 0 Å². The molecule has 0 bridgehead atoms. The molecule has 3 rings (SSSR count). The van der Waals surface area contributed by atoms with Crippen LogP contribution in [0.1, 0.15) is 56.3 Å². The number of benzene rings is 1. The molecule has 1 aliphatic rings. The molecule has 1 amide bonds. The van der Waals surface area contributed by atoms with Gasteiger partial charge < -0.3 is 9.88 Å². The zero-order valence-electron chi connectivity index (χ0n) is 14.9. The molecule has 1 atom stereocenters. The molecule has 2 heterocycles. The lowest BCUT2D eigenvalue weighted by Gasteiger charge is -2.29. The Morgan fingerprint density at radius 2 is 2.08 bits per heavy atom. The number of aromatic amines is 1. The number of nitrogens with zero attached hydrogens (tertiary/aromatic N) is 2. The largest absolute Gasteiger partial charge is 0.336 e. The van der Waals surface area contributed by atoms with Crippen molar-refractivity contribution in [3.8, 4) is 0 Å². The second kappa shape index (κ2) is 7.52. The van der Waals surface area contributed by atoms with Crippen molar-refractivity contribution in [2.75, 3.05) is 6.54 Å². The maximum absolute atomic E-state index is 13.1. The van der Waals surface area contributed by atoms with Crippen LogP contribution in [0.4, 0.5) is 0 Å². The number of nitrogens with one attached hydrogen (secondary N) is 1. The number of amides is 1. The zero-order chi connectivity index (χ0) is 18.0. The zero-order valence-corrected chi connectivity index (χ0v) is 15.7. The van der Waals surface area contributed by atoms with Gasteiger partial charge in [-0.2, -0.15) is 0 Å². The van der Waals surface area contributed by atoms with Crippen molar-refractivity contribution in [2.45, 2.75) is 58.5 Å². The van der Waals surface area contributed by atoms with Crippen LogP contribution in [-0.2, 0) is 6.54 Å². The van der Waals surface area contributed by atoms with Gasteiger partial charge in [-0.25, -0.2) is 0 Å². The molecule has 0 radical (unpaired) electrons. The van der Waals surface area contributed by atoms with E-state index in [1.165, 1.54) is 17.4 Å². The third-order valence-corrected chi connectivity index (χ3v) is 5.48. The van der Waals surface area contributed by atoms with Crippen molar-refractivity contribution in [3.05, 3.63) is 38.9 Å². The Kier molecular flexibility index (Phi) is 5.37. The van der Waals surface area contributed by atoms with E-state index in [4.69, 9.17) is 12.2 Å². The summed E-state index contributed by atoms with van der Waals surface area (Å²) in [5.41, 5.74) is 1.14. The van der Waals surface area contributed by atoms with E-state index in [2.05, 4.69) is 11.9 Å². The van der Waals surface area contributed by atoms with Gasteiger partial charge in [-0.15, -0.1) is 0 Å². The highest BCUT2D eigenvalue weighted by Crippen LogP contribution is 2.22. The Bertz CT molecular complexity index is 900. The second-order valence-electron chi connectivity index (χ2n) is 6.65. The second-order valence-corrected chi connectivity index (χ2v) is 7.04. The summed E-state index contributed by atoms with van der Waals surface area (Å²) in [5, 5.41) is 0.565. The van der Waals surface area contributed by atoms with Crippen molar-refractivity contribution in [3.63, 3.8) is 0 Å². The van der Waals surface area contributed by atoms with Crippen LogP contribution >= 0.6 is 12.2 Å². The van der Waals surface area contributed by atoms with E-state index in [1.54, 1.807) is 18.2 Å². The third kappa shape index (κ3) is 3.40. The monoisotopic (exact) mass is 359 g/mol. The van der Waals surface area contributed by atoms with Crippen LogP contribution in [0.3, 0.4) is 0 Å². The SMILES string of the molecule is CC[C@@H]1CCCCCN1C(=O)c1ccc2c(=O)n(CC)c(=S)[nH]c2c1. The fourth-order valence-corrected chi connectivity index (χ4v) is 4.03. The van der Waals surface area contributed by atoms with Crippen LogP contribution in [0, 0.1) is 4.77 Å². The summed E-state index contributed by atoms with van der Waals surface area (Å²) in [6.45, 7) is 5.36. The Balaban J connectivity index is 2.02. The quantitative estimate of drug-likeness (QED) is 0.846. The predicted molar refractivity (Wildman–Crippen MR) is 103 cm³/mol. The van der Waals surface area contributed by atoms with Gasteiger partial charge in [0.05, 0.1) is 10.9 Å². The summed E-state index contributed by atoms with van der Waals surface area (Å²) in [5.74, 6) is 0.0506. The number of fused-ring (bicyclic) bond motifs is 1. The minimum atomic E-state index is -0.110. The first-order chi connectivity index (χ1) is 12.1. The molecule has 134 valence electrons. The van der Waals surface area contributed by atoms with E-state index in [1.807, 2.05) is 11.8 Å². The lowest BCUT2D eigenvalue weighted by molar-refractivity contribution is 0.0678. The van der Waals surface area contributed by atoms with E-state index in [-0.39, 0.29) is 11.5 Å². The standard InChI is InChI=1S/C19H25N3O2S/c1-3-14-8-6-5-7-11-22(14)17(23)13-9-10-15-16(12-13)20-19(25)21(4-2)18(15)24/h9-10,12,14H,3-8,11H2,1-2H3,(H,20,25)/t14-/m1/s1. The van der Waals surface area contributed by atoms with Crippen molar-refractivity contribution in [2.24, 2.45) is 0 Å². The minimum Gasteiger partial charge on any atom is -0.336 e. The number of aromatic nitrogens is 2. The molecule has 0 aliphatic carbocycles. The van der Waals surface area contributed by atoms with Crippen LogP contribution in [0.15, 0.2) is 23.0 Å². The lowest BCUT2D eigenvalue weighted by atomic mass is 10.1. The van der Waals surface area contributed by atoms with Crippen LogP contribution < -0.4 is 5.56 Å². The number of rotatable bonds is 3. The number of likely N-dealkylation sites (tertiary alicyclic amines) is 1. The molecule has 25 heavy (non-hydrogen) atoms.